The van der Waals surface area contributed by atoms with Crippen LogP contribution in [0.2, 0.25) is 0 Å². The molecule has 0 saturated carbocycles. The van der Waals surface area contributed by atoms with Gasteiger partial charge in [0, 0.05) is 12.8 Å². The first-order valence-corrected chi connectivity index (χ1v) is 8.42. The molecular formula is C20H18FN3O2. The molecule has 132 valence electrons. The topological polar surface area (TPSA) is 47.4 Å². The van der Waals surface area contributed by atoms with E-state index in [1.54, 1.807) is 35.0 Å². The number of benzene rings is 2. The predicted octanol–water partition coefficient (Wildman–Crippen LogP) is 3.50. The number of hydrogen-bond acceptors (Lipinski definition) is 3. The first kappa shape index (κ1) is 16.3. The molecule has 0 atom stereocenters. The van der Waals surface area contributed by atoms with Crippen LogP contribution in [-0.2, 0) is 17.8 Å². The molecule has 4 rings (SSSR count). The maximum atomic E-state index is 13.2. The first-order valence-electron chi connectivity index (χ1n) is 8.42. The summed E-state index contributed by atoms with van der Waals surface area (Å²) in [6.07, 6.45) is 2.75. The Labute approximate surface area is 150 Å². The summed E-state index contributed by atoms with van der Waals surface area (Å²) in [5, 5.41) is 4.43. The molecule has 0 fully saturated rings. The lowest BCUT2D eigenvalue weighted by Crippen LogP contribution is -2.34. The van der Waals surface area contributed by atoms with Crippen LogP contribution < -0.4 is 9.64 Å². The van der Waals surface area contributed by atoms with Gasteiger partial charge in [0.05, 0.1) is 36.9 Å². The monoisotopic (exact) mass is 351 g/mol. The third kappa shape index (κ3) is 2.94. The van der Waals surface area contributed by atoms with Crippen LogP contribution in [0.15, 0.2) is 54.7 Å². The Balaban J connectivity index is 1.66. The largest absolute Gasteiger partial charge is 0.497 e. The van der Waals surface area contributed by atoms with Crippen LogP contribution in [0.5, 0.6) is 5.75 Å². The normalized spacial score (nSPS) is 13.6. The van der Waals surface area contributed by atoms with E-state index < -0.39 is 0 Å². The van der Waals surface area contributed by atoms with Gasteiger partial charge < -0.3 is 9.64 Å². The molecule has 26 heavy (non-hydrogen) atoms. The van der Waals surface area contributed by atoms with E-state index in [2.05, 4.69) is 5.10 Å². The van der Waals surface area contributed by atoms with Crippen molar-refractivity contribution in [2.24, 2.45) is 0 Å². The number of fused-ring (bicyclic) bond motifs is 1. The van der Waals surface area contributed by atoms with Crippen LogP contribution in [0.1, 0.15) is 17.7 Å². The lowest BCUT2D eigenvalue weighted by Gasteiger charge is -2.27. The predicted molar refractivity (Wildman–Crippen MR) is 96.0 cm³/mol. The van der Waals surface area contributed by atoms with Gasteiger partial charge in [0.15, 0.2) is 0 Å². The number of halogens is 1. The molecule has 5 nitrogen and oxygen atoms in total. The van der Waals surface area contributed by atoms with Crippen LogP contribution in [0.25, 0.3) is 5.69 Å². The van der Waals surface area contributed by atoms with Crippen molar-refractivity contribution >= 4 is 11.6 Å². The summed E-state index contributed by atoms with van der Waals surface area (Å²) in [6.45, 7) is 0.477. The Morgan fingerprint density at radius 1 is 1.08 bits per heavy atom. The highest BCUT2D eigenvalue weighted by Gasteiger charge is 2.28. The average molecular weight is 351 g/mol. The van der Waals surface area contributed by atoms with Crippen molar-refractivity contribution in [3.63, 3.8) is 0 Å². The zero-order chi connectivity index (χ0) is 18.1. The summed E-state index contributed by atoms with van der Waals surface area (Å²) < 4.78 is 20.1. The Morgan fingerprint density at radius 3 is 2.50 bits per heavy atom. The van der Waals surface area contributed by atoms with E-state index in [4.69, 9.17) is 4.74 Å². The van der Waals surface area contributed by atoms with E-state index in [0.717, 1.165) is 28.4 Å². The van der Waals surface area contributed by atoms with Gasteiger partial charge in [-0.15, -0.1) is 0 Å². The summed E-state index contributed by atoms with van der Waals surface area (Å²) in [5.74, 6) is 0.571. The van der Waals surface area contributed by atoms with Crippen molar-refractivity contribution in [1.82, 2.24) is 9.78 Å². The quantitative estimate of drug-likeness (QED) is 0.723. The average Bonchev–Trinajstić information content (AvgIpc) is 3.09. The second kappa shape index (κ2) is 6.63. The number of nitrogens with zero attached hydrogens (tertiary/aromatic N) is 3. The van der Waals surface area contributed by atoms with Gasteiger partial charge in [-0.1, -0.05) is 12.1 Å². The molecule has 3 aromatic rings. The van der Waals surface area contributed by atoms with Crippen molar-refractivity contribution < 1.29 is 13.9 Å². The van der Waals surface area contributed by atoms with Crippen LogP contribution in [0.4, 0.5) is 10.1 Å². The van der Waals surface area contributed by atoms with E-state index in [1.165, 1.54) is 12.1 Å². The molecule has 0 aliphatic carbocycles. The number of rotatable bonds is 4. The molecule has 0 N–H and O–H groups in total. The van der Waals surface area contributed by atoms with Gasteiger partial charge in [-0.05, 0) is 42.0 Å². The van der Waals surface area contributed by atoms with Gasteiger partial charge in [-0.3, -0.25) is 4.79 Å². The third-order valence-corrected chi connectivity index (χ3v) is 4.59. The molecule has 2 aromatic carbocycles. The molecule has 1 amide bonds. The van der Waals surface area contributed by atoms with E-state index in [1.807, 2.05) is 24.3 Å². The van der Waals surface area contributed by atoms with Gasteiger partial charge in [0.25, 0.3) is 0 Å². The zero-order valence-electron chi connectivity index (χ0n) is 14.4. The van der Waals surface area contributed by atoms with Gasteiger partial charge in [0.1, 0.15) is 11.6 Å². The molecule has 1 aliphatic heterocycles. The molecule has 0 radical (unpaired) electrons. The van der Waals surface area contributed by atoms with Gasteiger partial charge >= 0.3 is 0 Å². The second-order valence-corrected chi connectivity index (χ2v) is 6.19. The van der Waals surface area contributed by atoms with E-state index in [0.29, 0.717) is 19.4 Å². The van der Waals surface area contributed by atoms with E-state index in [-0.39, 0.29) is 11.7 Å². The van der Waals surface area contributed by atoms with E-state index >= 15 is 0 Å². The number of carbonyl (C=O) groups is 1. The Hall–Kier alpha value is -3.15. The molecular weight excluding hydrogens is 333 g/mol. The molecule has 2 heterocycles. The highest BCUT2D eigenvalue weighted by atomic mass is 19.1. The number of methoxy groups -OCH3 is 1. The SMILES string of the molecule is COc1ccc(CN2C(=O)CCc3c2cnn3-c2ccc(F)cc2)cc1. The minimum atomic E-state index is -0.286. The summed E-state index contributed by atoms with van der Waals surface area (Å²) in [6, 6.07) is 13.9. The van der Waals surface area contributed by atoms with Crippen LogP contribution in [0, 0.1) is 5.82 Å². The lowest BCUT2D eigenvalue weighted by molar-refractivity contribution is -0.119. The minimum absolute atomic E-state index is 0.0759. The molecule has 0 unspecified atom stereocenters. The maximum absolute atomic E-state index is 13.2. The minimum Gasteiger partial charge on any atom is -0.497 e. The smallest absolute Gasteiger partial charge is 0.227 e. The van der Waals surface area contributed by atoms with Crippen molar-refractivity contribution in [2.45, 2.75) is 19.4 Å². The highest BCUT2D eigenvalue weighted by molar-refractivity contribution is 5.96. The zero-order valence-corrected chi connectivity index (χ0v) is 14.4. The van der Waals surface area contributed by atoms with Crippen LogP contribution >= 0.6 is 0 Å². The molecule has 0 spiro atoms. The third-order valence-electron chi connectivity index (χ3n) is 4.59. The highest BCUT2D eigenvalue weighted by Crippen LogP contribution is 2.31. The van der Waals surface area contributed by atoms with Gasteiger partial charge in [-0.2, -0.15) is 5.10 Å². The fourth-order valence-electron chi connectivity index (χ4n) is 3.21. The Bertz CT molecular complexity index is 933. The van der Waals surface area contributed by atoms with Crippen molar-refractivity contribution in [3.05, 3.63) is 71.8 Å². The molecule has 6 heteroatoms. The number of aromatic nitrogens is 2. The second-order valence-electron chi connectivity index (χ2n) is 6.19. The Kier molecular flexibility index (Phi) is 4.16. The van der Waals surface area contributed by atoms with Gasteiger partial charge in [0.2, 0.25) is 5.91 Å². The van der Waals surface area contributed by atoms with Crippen LogP contribution in [-0.4, -0.2) is 22.8 Å². The van der Waals surface area contributed by atoms with Gasteiger partial charge in [-0.25, -0.2) is 9.07 Å². The fourth-order valence-corrected chi connectivity index (χ4v) is 3.21. The molecule has 1 aliphatic rings. The number of carbonyl (C=O) groups excluding carboxylic acids is 1. The number of hydrogen-bond donors (Lipinski definition) is 0. The standard InChI is InChI=1S/C20H18FN3O2/c1-26-17-8-2-14(3-9-17)13-23-19-12-22-24(18(19)10-11-20(23)25)16-6-4-15(21)5-7-16/h2-9,12H,10-11,13H2,1H3. The summed E-state index contributed by atoms with van der Waals surface area (Å²) >= 11 is 0. The summed E-state index contributed by atoms with van der Waals surface area (Å²) in [5.41, 5.74) is 3.57. The lowest BCUT2D eigenvalue weighted by atomic mass is 10.1. The van der Waals surface area contributed by atoms with Crippen molar-refractivity contribution in [3.8, 4) is 11.4 Å². The van der Waals surface area contributed by atoms with Crippen molar-refractivity contribution in [1.29, 1.82) is 0 Å². The first-order chi connectivity index (χ1) is 12.7. The Morgan fingerprint density at radius 2 is 1.81 bits per heavy atom. The van der Waals surface area contributed by atoms with Crippen LogP contribution in [0.3, 0.4) is 0 Å². The van der Waals surface area contributed by atoms with Crippen molar-refractivity contribution in [2.75, 3.05) is 12.0 Å². The molecule has 1 aromatic heterocycles. The number of amides is 1. The summed E-state index contributed by atoms with van der Waals surface area (Å²) in [4.78, 5) is 14.2. The molecule has 0 saturated heterocycles. The van der Waals surface area contributed by atoms with E-state index in [9.17, 15) is 9.18 Å². The maximum Gasteiger partial charge on any atom is 0.227 e. The molecule has 0 bridgehead atoms. The number of ether oxygens (including phenoxy) is 1. The summed E-state index contributed by atoms with van der Waals surface area (Å²) in [7, 11) is 1.62. The fraction of sp³-hybridized carbons (Fsp3) is 0.200. The number of anilines is 1.